The maximum atomic E-state index is 13.0. The molecule has 4 rings (SSSR count). The fraction of sp³-hybridized carbons (Fsp3) is 0.450. The fourth-order valence-electron chi connectivity index (χ4n) is 3.39. The van der Waals surface area contributed by atoms with Crippen molar-refractivity contribution in [3.8, 4) is 0 Å². The second-order valence-corrected chi connectivity index (χ2v) is 8.71. The first-order valence-electron chi connectivity index (χ1n) is 9.61. The van der Waals surface area contributed by atoms with Crippen LogP contribution in [-0.2, 0) is 4.79 Å². The highest BCUT2D eigenvalue weighted by atomic mass is 35.5. The van der Waals surface area contributed by atoms with Crippen molar-refractivity contribution in [1.29, 1.82) is 0 Å². The summed E-state index contributed by atoms with van der Waals surface area (Å²) in [5.74, 6) is -0.207. The average Bonchev–Trinajstić information content (AvgIpc) is 3.39. The molecular formula is C20H23ClN4O2S. The molecule has 2 heterocycles. The van der Waals surface area contributed by atoms with Crippen molar-refractivity contribution in [2.24, 2.45) is 0 Å². The van der Waals surface area contributed by atoms with Crippen molar-refractivity contribution >= 4 is 45.6 Å². The molecule has 2 amide bonds. The van der Waals surface area contributed by atoms with Gasteiger partial charge in [0.15, 0.2) is 5.13 Å². The molecule has 1 unspecified atom stereocenters. The summed E-state index contributed by atoms with van der Waals surface area (Å²) in [6.45, 7) is 2.57. The zero-order valence-corrected chi connectivity index (χ0v) is 17.3. The zero-order valence-electron chi connectivity index (χ0n) is 15.7. The van der Waals surface area contributed by atoms with Gasteiger partial charge < -0.3 is 15.5 Å². The van der Waals surface area contributed by atoms with Gasteiger partial charge in [-0.05, 0) is 56.7 Å². The molecule has 1 aliphatic carbocycles. The molecule has 0 bridgehead atoms. The van der Waals surface area contributed by atoms with E-state index in [1.807, 2.05) is 25.1 Å². The van der Waals surface area contributed by atoms with Crippen LogP contribution in [0.4, 0.5) is 10.8 Å². The number of thiazole rings is 1. The lowest BCUT2D eigenvalue weighted by Gasteiger charge is -2.34. The van der Waals surface area contributed by atoms with E-state index in [2.05, 4.69) is 15.6 Å². The molecule has 1 aromatic heterocycles. The minimum absolute atomic E-state index is 0.0290. The predicted octanol–water partition coefficient (Wildman–Crippen LogP) is 4.12. The van der Waals surface area contributed by atoms with Crippen LogP contribution in [-0.4, -0.2) is 40.3 Å². The number of halogens is 1. The topological polar surface area (TPSA) is 74.3 Å². The minimum Gasteiger partial charge on any atom is -0.352 e. The van der Waals surface area contributed by atoms with Gasteiger partial charge in [0.2, 0.25) is 5.91 Å². The van der Waals surface area contributed by atoms with E-state index in [9.17, 15) is 9.59 Å². The van der Waals surface area contributed by atoms with Crippen LogP contribution in [0, 0.1) is 6.92 Å². The van der Waals surface area contributed by atoms with Gasteiger partial charge in [0.05, 0.1) is 0 Å². The number of likely N-dealkylation sites (tertiary alicyclic amines) is 1. The lowest BCUT2D eigenvalue weighted by Crippen LogP contribution is -2.52. The number of hydrogen-bond donors (Lipinski definition) is 2. The highest BCUT2D eigenvalue weighted by molar-refractivity contribution is 7.14. The summed E-state index contributed by atoms with van der Waals surface area (Å²) in [5, 5.41) is 9.28. The second-order valence-electron chi connectivity index (χ2n) is 7.42. The molecule has 1 atom stereocenters. The SMILES string of the molecule is Cc1ccc(Cl)cc1Nc1nc(C(=O)N2CCCCC2C(=O)NC2CC2)cs1. The molecule has 2 N–H and O–H groups in total. The van der Waals surface area contributed by atoms with Crippen LogP contribution in [0.1, 0.15) is 48.2 Å². The van der Waals surface area contributed by atoms with Crippen LogP contribution in [0.3, 0.4) is 0 Å². The molecule has 1 aromatic carbocycles. The van der Waals surface area contributed by atoms with Crippen LogP contribution in [0.5, 0.6) is 0 Å². The van der Waals surface area contributed by atoms with E-state index in [0.29, 0.717) is 34.9 Å². The average molecular weight is 419 g/mol. The van der Waals surface area contributed by atoms with Crippen LogP contribution in [0.15, 0.2) is 23.6 Å². The first kappa shape index (κ1) is 19.2. The maximum Gasteiger partial charge on any atom is 0.274 e. The summed E-state index contributed by atoms with van der Waals surface area (Å²) in [5.41, 5.74) is 2.28. The van der Waals surface area contributed by atoms with Gasteiger partial charge in [-0.15, -0.1) is 11.3 Å². The molecule has 6 nitrogen and oxygen atoms in total. The smallest absolute Gasteiger partial charge is 0.274 e. The molecule has 8 heteroatoms. The van der Waals surface area contributed by atoms with Crippen LogP contribution >= 0.6 is 22.9 Å². The molecular weight excluding hydrogens is 396 g/mol. The number of rotatable bonds is 5. The Labute approximate surface area is 173 Å². The van der Waals surface area contributed by atoms with E-state index in [4.69, 9.17) is 11.6 Å². The molecule has 2 aromatic rings. The molecule has 0 spiro atoms. The number of piperidine rings is 1. The van der Waals surface area contributed by atoms with Gasteiger partial charge in [-0.25, -0.2) is 4.98 Å². The van der Waals surface area contributed by atoms with Crippen LogP contribution < -0.4 is 10.6 Å². The summed E-state index contributed by atoms with van der Waals surface area (Å²) < 4.78 is 0. The van der Waals surface area contributed by atoms with Gasteiger partial charge in [0, 0.05) is 28.7 Å². The van der Waals surface area contributed by atoms with Gasteiger partial charge in [0.1, 0.15) is 11.7 Å². The monoisotopic (exact) mass is 418 g/mol. The van der Waals surface area contributed by atoms with Crippen molar-refractivity contribution in [2.45, 2.75) is 51.1 Å². The Hall–Kier alpha value is -2.12. The Kier molecular flexibility index (Phi) is 5.55. The summed E-state index contributed by atoms with van der Waals surface area (Å²) in [4.78, 5) is 31.8. The quantitative estimate of drug-likeness (QED) is 0.765. The van der Waals surface area contributed by atoms with E-state index in [1.165, 1.54) is 11.3 Å². The highest BCUT2D eigenvalue weighted by Gasteiger charge is 2.35. The first-order valence-corrected chi connectivity index (χ1v) is 10.9. The summed E-state index contributed by atoms with van der Waals surface area (Å²) in [6, 6.07) is 5.50. The van der Waals surface area contributed by atoms with Crippen molar-refractivity contribution in [3.63, 3.8) is 0 Å². The van der Waals surface area contributed by atoms with Gasteiger partial charge in [0.25, 0.3) is 5.91 Å². The largest absolute Gasteiger partial charge is 0.352 e. The summed E-state index contributed by atoms with van der Waals surface area (Å²) in [6.07, 6.45) is 4.66. The van der Waals surface area contributed by atoms with Gasteiger partial charge >= 0.3 is 0 Å². The van der Waals surface area contributed by atoms with Crippen molar-refractivity contribution in [1.82, 2.24) is 15.2 Å². The second kappa shape index (κ2) is 8.09. The summed E-state index contributed by atoms with van der Waals surface area (Å²) >= 11 is 7.44. The maximum absolute atomic E-state index is 13.0. The number of anilines is 2. The van der Waals surface area contributed by atoms with Crippen LogP contribution in [0.25, 0.3) is 0 Å². The third-order valence-corrected chi connectivity index (χ3v) is 6.15. The third-order valence-electron chi connectivity index (χ3n) is 5.15. The van der Waals surface area contributed by atoms with E-state index >= 15 is 0 Å². The Morgan fingerprint density at radius 1 is 1.25 bits per heavy atom. The van der Waals surface area contributed by atoms with Crippen molar-refractivity contribution < 1.29 is 9.59 Å². The molecule has 1 saturated carbocycles. The third kappa shape index (κ3) is 4.31. The summed E-state index contributed by atoms with van der Waals surface area (Å²) in [7, 11) is 0. The number of amides is 2. The number of carbonyl (C=O) groups is 2. The number of aryl methyl sites for hydroxylation is 1. The Morgan fingerprint density at radius 2 is 2.07 bits per heavy atom. The number of nitrogens with one attached hydrogen (secondary N) is 2. The standard InChI is InChI=1S/C20H23ClN4O2S/c1-12-5-6-13(21)10-15(12)23-20-24-16(11-28-20)19(27)25-9-3-2-4-17(25)18(26)22-14-7-8-14/h5-6,10-11,14,17H,2-4,7-9H2,1H3,(H,22,26)(H,23,24). The van der Waals surface area contributed by atoms with Gasteiger partial charge in [-0.2, -0.15) is 0 Å². The number of hydrogen-bond acceptors (Lipinski definition) is 5. The van der Waals surface area contributed by atoms with Crippen molar-refractivity contribution in [2.75, 3.05) is 11.9 Å². The van der Waals surface area contributed by atoms with E-state index in [1.54, 1.807) is 10.3 Å². The normalized spacial score (nSPS) is 19.4. The van der Waals surface area contributed by atoms with E-state index in [-0.39, 0.29) is 11.8 Å². The number of carbonyl (C=O) groups excluding carboxylic acids is 2. The van der Waals surface area contributed by atoms with Gasteiger partial charge in [-0.1, -0.05) is 17.7 Å². The predicted molar refractivity (Wildman–Crippen MR) is 111 cm³/mol. The molecule has 1 aliphatic heterocycles. The zero-order chi connectivity index (χ0) is 19.7. The highest BCUT2D eigenvalue weighted by Crippen LogP contribution is 2.28. The Morgan fingerprint density at radius 3 is 2.86 bits per heavy atom. The Bertz CT molecular complexity index is 896. The molecule has 28 heavy (non-hydrogen) atoms. The molecule has 148 valence electrons. The molecule has 1 saturated heterocycles. The van der Waals surface area contributed by atoms with Crippen molar-refractivity contribution in [3.05, 3.63) is 39.9 Å². The number of benzene rings is 1. The number of nitrogens with zero attached hydrogens (tertiary/aromatic N) is 2. The van der Waals surface area contributed by atoms with Crippen LogP contribution in [0.2, 0.25) is 5.02 Å². The molecule has 2 aliphatic rings. The van der Waals surface area contributed by atoms with E-state index < -0.39 is 6.04 Å². The lowest BCUT2D eigenvalue weighted by atomic mass is 10.0. The lowest BCUT2D eigenvalue weighted by molar-refractivity contribution is -0.126. The van der Waals surface area contributed by atoms with Gasteiger partial charge in [-0.3, -0.25) is 9.59 Å². The molecule has 0 radical (unpaired) electrons. The first-order chi connectivity index (χ1) is 13.5. The minimum atomic E-state index is -0.393. The molecule has 2 fully saturated rings. The fourth-order valence-corrected chi connectivity index (χ4v) is 4.26. The Balaban J connectivity index is 1.48. The van der Waals surface area contributed by atoms with E-state index in [0.717, 1.165) is 36.9 Å². The number of aromatic nitrogens is 1.